The van der Waals surface area contributed by atoms with E-state index in [-0.39, 0.29) is 0 Å². The molecule has 3 nitrogen and oxygen atoms in total. The van der Waals surface area contributed by atoms with Gasteiger partial charge in [-0.2, -0.15) is 0 Å². The zero-order valence-electron chi connectivity index (χ0n) is 7.76. The number of methoxy groups -OCH3 is 2. The van der Waals surface area contributed by atoms with Crippen LogP contribution in [0.4, 0.5) is 0 Å². The Kier molecular flexibility index (Phi) is 4.65. The number of ether oxygens (including phenoxy) is 2. The molecule has 3 heteroatoms. The Labute approximate surface area is 68.3 Å². The van der Waals surface area contributed by atoms with Gasteiger partial charge in [0.1, 0.15) is 6.10 Å². The molecular weight excluding hydrogens is 144 g/mol. The largest absolute Gasteiger partial charge is 0.388 e. The smallest absolute Gasteiger partial charge is 0.193 e. The molecule has 0 aromatic rings. The van der Waals surface area contributed by atoms with Crippen molar-refractivity contribution in [3.63, 3.8) is 0 Å². The summed E-state index contributed by atoms with van der Waals surface area (Å²) in [5.74, 6) is -0.811. The molecule has 0 aromatic carbocycles. The number of aliphatic hydroxyl groups excluding tert-OH is 1. The van der Waals surface area contributed by atoms with Crippen LogP contribution in [-0.2, 0) is 9.47 Å². The van der Waals surface area contributed by atoms with Crippen LogP contribution in [-0.4, -0.2) is 31.2 Å². The average Bonchev–Trinajstić information content (AvgIpc) is 2.08. The Hall–Kier alpha value is -0.120. The topological polar surface area (TPSA) is 38.7 Å². The molecule has 0 aliphatic rings. The van der Waals surface area contributed by atoms with Crippen LogP contribution in [0.15, 0.2) is 0 Å². The lowest BCUT2D eigenvalue weighted by molar-refractivity contribution is -0.260. The van der Waals surface area contributed by atoms with E-state index in [1.165, 1.54) is 0 Å². The second kappa shape index (κ2) is 4.70. The van der Waals surface area contributed by atoms with Gasteiger partial charge in [0.15, 0.2) is 5.79 Å². The molecule has 68 valence electrons. The molecule has 0 amide bonds. The second-order valence-electron chi connectivity index (χ2n) is 2.50. The van der Waals surface area contributed by atoms with Crippen molar-refractivity contribution in [3.8, 4) is 0 Å². The number of rotatable bonds is 5. The normalized spacial score (nSPS) is 15.0. The molecule has 1 N–H and O–H groups in total. The lowest BCUT2D eigenvalue weighted by Gasteiger charge is -2.33. The maximum absolute atomic E-state index is 9.52. The summed E-state index contributed by atoms with van der Waals surface area (Å²) in [4.78, 5) is 0. The van der Waals surface area contributed by atoms with E-state index in [1.54, 1.807) is 14.2 Å². The van der Waals surface area contributed by atoms with Crippen molar-refractivity contribution >= 4 is 0 Å². The van der Waals surface area contributed by atoms with E-state index in [1.807, 2.05) is 13.8 Å². The summed E-state index contributed by atoms with van der Waals surface area (Å²) < 4.78 is 10.2. The van der Waals surface area contributed by atoms with Crippen LogP contribution >= 0.6 is 0 Å². The predicted molar refractivity (Wildman–Crippen MR) is 43.3 cm³/mol. The van der Waals surface area contributed by atoms with Crippen LogP contribution in [0.2, 0.25) is 0 Å². The Morgan fingerprint density at radius 2 is 1.73 bits per heavy atom. The van der Waals surface area contributed by atoms with Crippen molar-refractivity contribution in [1.29, 1.82) is 0 Å². The Morgan fingerprint density at radius 3 is 1.82 bits per heavy atom. The van der Waals surface area contributed by atoms with Gasteiger partial charge in [-0.25, -0.2) is 0 Å². The van der Waals surface area contributed by atoms with Crippen molar-refractivity contribution in [1.82, 2.24) is 0 Å². The average molecular weight is 162 g/mol. The minimum Gasteiger partial charge on any atom is -0.388 e. The molecule has 0 fully saturated rings. The monoisotopic (exact) mass is 162 g/mol. The Bertz CT molecular complexity index is 91.2. The molecule has 0 heterocycles. The van der Waals surface area contributed by atoms with Gasteiger partial charge < -0.3 is 14.6 Å². The highest BCUT2D eigenvalue weighted by molar-refractivity contribution is 4.75. The molecule has 1 atom stereocenters. The fourth-order valence-corrected chi connectivity index (χ4v) is 1.19. The molecule has 0 aliphatic heterocycles. The molecule has 0 rings (SSSR count). The predicted octanol–water partition coefficient (Wildman–Crippen LogP) is 1.16. The van der Waals surface area contributed by atoms with Crippen LogP contribution < -0.4 is 0 Å². The van der Waals surface area contributed by atoms with E-state index in [0.29, 0.717) is 12.8 Å². The number of aliphatic hydroxyl groups is 1. The van der Waals surface area contributed by atoms with Gasteiger partial charge in [0.05, 0.1) is 0 Å². The molecule has 0 spiro atoms. The van der Waals surface area contributed by atoms with E-state index in [9.17, 15) is 5.11 Å². The fraction of sp³-hybridized carbons (Fsp3) is 1.00. The van der Waals surface area contributed by atoms with Gasteiger partial charge >= 0.3 is 0 Å². The van der Waals surface area contributed by atoms with E-state index < -0.39 is 11.9 Å². The summed E-state index contributed by atoms with van der Waals surface area (Å²) in [7, 11) is 3.10. The summed E-state index contributed by atoms with van der Waals surface area (Å²) in [5.41, 5.74) is 0. The SMILES string of the molecule is CCC(O)C(CC)(OC)OC. The summed E-state index contributed by atoms with van der Waals surface area (Å²) in [5, 5.41) is 9.52. The molecule has 0 bridgehead atoms. The van der Waals surface area contributed by atoms with Crippen molar-refractivity contribution in [3.05, 3.63) is 0 Å². The van der Waals surface area contributed by atoms with Gasteiger partial charge in [0.25, 0.3) is 0 Å². The molecular formula is C8H18O3. The van der Waals surface area contributed by atoms with Crippen LogP contribution in [0.1, 0.15) is 26.7 Å². The Morgan fingerprint density at radius 1 is 1.27 bits per heavy atom. The molecule has 0 saturated carbocycles. The number of hydrogen-bond acceptors (Lipinski definition) is 3. The summed E-state index contributed by atoms with van der Waals surface area (Å²) in [6, 6.07) is 0. The first-order valence-electron chi connectivity index (χ1n) is 3.95. The second-order valence-corrected chi connectivity index (χ2v) is 2.50. The first-order valence-corrected chi connectivity index (χ1v) is 3.95. The van der Waals surface area contributed by atoms with Gasteiger partial charge in [-0.1, -0.05) is 13.8 Å². The van der Waals surface area contributed by atoms with Crippen LogP contribution in [0.3, 0.4) is 0 Å². The summed E-state index contributed by atoms with van der Waals surface area (Å²) in [6.07, 6.45) is 0.729. The highest BCUT2D eigenvalue weighted by Crippen LogP contribution is 2.22. The highest BCUT2D eigenvalue weighted by atomic mass is 16.7. The maximum Gasteiger partial charge on any atom is 0.193 e. The third-order valence-corrected chi connectivity index (χ3v) is 2.08. The molecule has 11 heavy (non-hydrogen) atoms. The molecule has 0 saturated heterocycles. The fourth-order valence-electron chi connectivity index (χ4n) is 1.19. The van der Waals surface area contributed by atoms with Crippen molar-refractivity contribution in [2.24, 2.45) is 0 Å². The van der Waals surface area contributed by atoms with E-state index >= 15 is 0 Å². The van der Waals surface area contributed by atoms with Gasteiger partial charge in [-0.05, 0) is 6.42 Å². The third kappa shape index (κ3) is 2.15. The van der Waals surface area contributed by atoms with Gasteiger partial charge in [0.2, 0.25) is 0 Å². The van der Waals surface area contributed by atoms with E-state index in [0.717, 1.165) is 0 Å². The van der Waals surface area contributed by atoms with Crippen molar-refractivity contribution in [2.45, 2.75) is 38.6 Å². The molecule has 0 aromatic heterocycles. The highest BCUT2D eigenvalue weighted by Gasteiger charge is 2.34. The number of hydrogen-bond donors (Lipinski definition) is 1. The minimum atomic E-state index is -0.811. The zero-order valence-corrected chi connectivity index (χ0v) is 7.76. The van der Waals surface area contributed by atoms with Crippen LogP contribution in [0, 0.1) is 0 Å². The standard InChI is InChI=1S/C8H18O3/c1-5-7(9)8(6-2,10-3)11-4/h7,9H,5-6H2,1-4H3. The molecule has 1 unspecified atom stereocenters. The lowest BCUT2D eigenvalue weighted by atomic mass is 10.1. The minimum absolute atomic E-state index is 0.553. The van der Waals surface area contributed by atoms with E-state index in [2.05, 4.69) is 0 Å². The summed E-state index contributed by atoms with van der Waals surface area (Å²) >= 11 is 0. The Balaban J connectivity index is 4.26. The first-order chi connectivity index (χ1) is 5.16. The van der Waals surface area contributed by atoms with Crippen LogP contribution in [0.25, 0.3) is 0 Å². The van der Waals surface area contributed by atoms with Gasteiger partial charge in [0, 0.05) is 20.6 Å². The van der Waals surface area contributed by atoms with E-state index in [4.69, 9.17) is 9.47 Å². The molecule has 0 aliphatic carbocycles. The zero-order chi connectivity index (χ0) is 8.91. The van der Waals surface area contributed by atoms with Gasteiger partial charge in [-0.3, -0.25) is 0 Å². The van der Waals surface area contributed by atoms with Gasteiger partial charge in [-0.15, -0.1) is 0 Å². The third-order valence-electron chi connectivity index (χ3n) is 2.08. The quantitative estimate of drug-likeness (QED) is 0.616. The van der Waals surface area contributed by atoms with Crippen molar-refractivity contribution < 1.29 is 14.6 Å². The van der Waals surface area contributed by atoms with Crippen LogP contribution in [0.5, 0.6) is 0 Å². The van der Waals surface area contributed by atoms with Crippen molar-refractivity contribution in [2.75, 3.05) is 14.2 Å². The first kappa shape index (κ1) is 10.9. The summed E-state index contributed by atoms with van der Waals surface area (Å²) in [6.45, 7) is 3.82. The maximum atomic E-state index is 9.52. The lowest BCUT2D eigenvalue weighted by Crippen LogP contribution is -2.45. The molecule has 0 radical (unpaired) electrons.